The number of phosphoric acid groups is 1. The molecule has 10 heteroatoms. The van der Waals surface area contributed by atoms with Crippen molar-refractivity contribution in [1.29, 1.82) is 0 Å². The van der Waals surface area contributed by atoms with Crippen LogP contribution >= 0.6 is 7.82 Å². The Morgan fingerprint density at radius 1 is 0.517 bits per heavy atom. The molecule has 60 heavy (non-hydrogen) atoms. The van der Waals surface area contributed by atoms with Gasteiger partial charge in [-0.25, -0.2) is 0 Å². The van der Waals surface area contributed by atoms with Crippen molar-refractivity contribution in [2.24, 2.45) is 0 Å². The molecule has 0 amide bonds. The summed E-state index contributed by atoms with van der Waals surface area (Å²) in [6, 6.07) is 0. The molecule has 2 atom stereocenters. The van der Waals surface area contributed by atoms with Crippen LogP contribution in [0, 0.1) is 0 Å². The molecule has 0 saturated carbocycles. The van der Waals surface area contributed by atoms with Crippen LogP contribution in [0.25, 0.3) is 0 Å². The fraction of sp³-hybridized carbons (Fsp3) is 0.840. The Balaban J connectivity index is 4.19. The van der Waals surface area contributed by atoms with E-state index in [0.29, 0.717) is 17.4 Å². The summed E-state index contributed by atoms with van der Waals surface area (Å²) in [5, 5.41) is 0. The fourth-order valence-electron chi connectivity index (χ4n) is 6.78. The average molecular weight is 868 g/mol. The number of allylic oxidation sites excluding steroid dienone is 6. The first-order chi connectivity index (χ1) is 29.0. The van der Waals surface area contributed by atoms with E-state index >= 15 is 0 Å². The number of ether oxygens (including phenoxy) is 2. The average Bonchev–Trinajstić information content (AvgIpc) is 3.20. The Bertz CT molecular complexity index is 1120. The van der Waals surface area contributed by atoms with E-state index in [-0.39, 0.29) is 32.0 Å². The standard InChI is InChI=1S/C50H94NO8P/c1-6-8-10-12-14-16-18-19-20-21-22-23-24-25-26-27-28-29-30-31-33-35-37-39-41-43-50(53)59-48(47-58-60(54,55)57-45-44-51(3,4)5)46-56-49(52)42-40-38-36-34-32-17-15-13-11-9-7-2/h18-19,21-22,24-25,48H,6-17,20,23,26-47H2,1-5H3/b19-18-,22-21-,25-24-. The predicted octanol–water partition coefficient (Wildman–Crippen LogP) is 13.8. The molecule has 2 unspecified atom stereocenters. The molecule has 0 radical (unpaired) electrons. The van der Waals surface area contributed by atoms with Crippen LogP contribution in [0.1, 0.15) is 219 Å². The highest BCUT2D eigenvalue weighted by Crippen LogP contribution is 2.38. The van der Waals surface area contributed by atoms with Gasteiger partial charge < -0.3 is 27.9 Å². The number of rotatable bonds is 45. The molecule has 0 heterocycles. The third kappa shape index (κ3) is 45.7. The lowest BCUT2D eigenvalue weighted by Crippen LogP contribution is -2.37. The molecule has 0 aromatic carbocycles. The molecular formula is C50H94NO8P. The SMILES string of the molecule is CCCCCCC/C=C\C/C=C\C/C=C\CCCCCCCCCCCCC(=O)OC(COC(=O)CCCCCCCCCCCCC)COP(=O)([O-])OCC[N+](C)(C)C. The minimum atomic E-state index is -4.62. The Hall–Kier alpha value is -1.77. The van der Waals surface area contributed by atoms with Gasteiger partial charge in [0.05, 0.1) is 27.7 Å². The van der Waals surface area contributed by atoms with Crippen LogP contribution in [0.15, 0.2) is 36.5 Å². The highest BCUT2D eigenvalue weighted by molar-refractivity contribution is 7.45. The minimum absolute atomic E-state index is 0.0307. The van der Waals surface area contributed by atoms with Crippen LogP contribution in [0.4, 0.5) is 0 Å². The van der Waals surface area contributed by atoms with E-state index in [1.54, 1.807) is 0 Å². The fourth-order valence-corrected chi connectivity index (χ4v) is 7.51. The number of hydrogen-bond donors (Lipinski definition) is 0. The first-order valence-corrected chi connectivity index (χ1v) is 26.2. The monoisotopic (exact) mass is 868 g/mol. The lowest BCUT2D eigenvalue weighted by molar-refractivity contribution is -0.870. The first kappa shape index (κ1) is 58.2. The van der Waals surface area contributed by atoms with E-state index in [4.69, 9.17) is 18.5 Å². The lowest BCUT2D eigenvalue weighted by Gasteiger charge is -2.28. The Labute approximate surface area is 370 Å². The van der Waals surface area contributed by atoms with Gasteiger partial charge in [0.1, 0.15) is 19.8 Å². The van der Waals surface area contributed by atoms with Crippen LogP contribution in [0.3, 0.4) is 0 Å². The zero-order chi connectivity index (χ0) is 44.3. The minimum Gasteiger partial charge on any atom is -0.756 e. The van der Waals surface area contributed by atoms with Crippen molar-refractivity contribution in [2.75, 3.05) is 47.5 Å². The first-order valence-electron chi connectivity index (χ1n) is 24.7. The summed E-state index contributed by atoms with van der Waals surface area (Å²) in [6.45, 7) is 4.22. The summed E-state index contributed by atoms with van der Waals surface area (Å²) in [5.41, 5.74) is 0. The predicted molar refractivity (Wildman–Crippen MR) is 250 cm³/mol. The number of hydrogen-bond acceptors (Lipinski definition) is 8. The van der Waals surface area contributed by atoms with Gasteiger partial charge in [-0.2, -0.15) is 0 Å². The quantitative estimate of drug-likeness (QED) is 0.0196. The molecule has 352 valence electrons. The second kappa shape index (κ2) is 42.5. The van der Waals surface area contributed by atoms with Gasteiger partial charge in [0.15, 0.2) is 6.10 Å². The summed E-state index contributed by atoms with van der Waals surface area (Å²) in [7, 11) is 1.17. The molecule has 9 nitrogen and oxygen atoms in total. The lowest BCUT2D eigenvalue weighted by atomic mass is 10.0. The maximum absolute atomic E-state index is 12.7. The molecule has 0 bridgehead atoms. The Kier molecular flexibility index (Phi) is 41.3. The second-order valence-electron chi connectivity index (χ2n) is 17.8. The summed E-state index contributed by atoms with van der Waals surface area (Å²) >= 11 is 0. The highest BCUT2D eigenvalue weighted by atomic mass is 31.2. The molecule has 0 aromatic rings. The van der Waals surface area contributed by atoms with E-state index in [1.807, 2.05) is 21.1 Å². The molecule has 0 aliphatic heterocycles. The van der Waals surface area contributed by atoms with E-state index in [9.17, 15) is 19.0 Å². The summed E-state index contributed by atoms with van der Waals surface area (Å²) in [5.74, 6) is -0.834. The van der Waals surface area contributed by atoms with Crippen LogP contribution in [0.5, 0.6) is 0 Å². The van der Waals surface area contributed by atoms with Gasteiger partial charge in [0, 0.05) is 12.8 Å². The van der Waals surface area contributed by atoms with Crippen molar-refractivity contribution < 1.29 is 42.1 Å². The molecule has 0 saturated heterocycles. The Morgan fingerprint density at radius 2 is 0.900 bits per heavy atom. The van der Waals surface area contributed by atoms with Crippen molar-refractivity contribution in [3.63, 3.8) is 0 Å². The molecule has 0 aliphatic carbocycles. The summed E-state index contributed by atoms with van der Waals surface area (Å²) < 4.78 is 34.0. The second-order valence-corrected chi connectivity index (χ2v) is 19.2. The molecule has 0 aromatic heterocycles. The number of nitrogens with zero attached hydrogens (tertiary/aromatic N) is 1. The van der Waals surface area contributed by atoms with Crippen molar-refractivity contribution in [2.45, 2.75) is 225 Å². The van der Waals surface area contributed by atoms with Gasteiger partial charge in [-0.05, 0) is 51.4 Å². The molecule has 0 N–H and O–H groups in total. The zero-order valence-corrected chi connectivity index (χ0v) is 40.6. The molecule has 0 spiro atoms. The number of phosphoric ester groups is 1. The van der Waals surface area contributed by atoms with Crippen molar-refractivity contribution in [3.05, 3.63) is 36.5 Å². The number of likely N-dealkylation sites (N-methyl/N-ethyl adjacent to an activating group) is 1. The molecular weight excluding hydrogens is 774 g/mol. The summed E-state index contributed by atoms with van der Waals surface area (Å²) in [6.07, 6.45) is 48.9. The maximum Gasteiger partial charge on any atom is 0.306 e. The van der Waals surface area contributed by atoms with Gasteiger partial charge in [-0.1, -0.05) is 192 Å². The van der Waals surface area contributed by atoms with Gasteiger partial charge >= 0.3 is 11.9 Å². The van der Waals surface area contributed by atoms with Crippen LogP contribution in [0.2, 0.25) is 0 Å². The number of unbranched alkanes of at least 4 members (excludes halogenated alkanes) is 25. The van der Waals surface area contributed by atoms with Crippen LogP contribution in [-0.4, -0.2) is 70.0 Å². The van der Waals surface area contributed by atoms with Crippen LogP contribution < -0.4 is 4.89 Å². The smallest absolute Gasteiger partial charge is 0.306 e. The summed E-state index contributed by atoms with van der Waals surface area (Å²) in [4.78, 5) is 37.6. The molecule has 0 rings (SSSR count). The molecule has 0 aliphatic rings. The van der Waals surface area contributed by atoms with Gasteiger partial charge in [0.25, 0.3) is 7.82 Å². The maximum atomic E-state index is 12.7. The normalized spacial score (nSPS) is 13.8. The van der Waals surface area contributed by atoms with Gasteiger partial charge in [0.2, 0.25) is 0 Å². The largest absolute Gasteiger partial charge is 0.756 e. The van der Waals surface area contributed by atoms with Crippen molar-refractivity contribution in [3.8, 4) is 0 Å². The number of carbonyl (C=O) groups is 2. The van der Waals surface area contributed by atoms with Crippen LogP contribution in [-0.2, 0) is 32.7 Å². The van der Waals surface area contributed by atoms with E-state index < -0.39 is 26.5 Å². The molecule has 0 fully saturated rings. The van der Waals surface area contributed by atoms with Crippen molar-refractivity contribution >= 4 is 19.8 Å². The topological polar surface area (TPSA) is 111 Å². The van der Waals surface area contributed by atoms with E-state index in [2.05, 4.69) is 50.3 Å². The third-order valence-electron chi connectivity index (χ3n) is 10.7. The third-order valence-corrected chi connectivity index (χ3v) is 11.6. The van der Waals surface area contributed by atoms with E-state index in [1.165, 1.54) is 128 Å². The van der Waals surface area contributed by atoms with E-state index in [0.717, 1.165) is 57.8 Å². The number of quaternary nitrogens is 1. The highest BCUT2D eigenvalue weighted by Gasteiger charge is 2.21. The van der Waals surface area contributed by atoms with Crippen molar-refractivity contribution in [1.82, 2.24) is 0 Å². The van der Waals surface area contributed by atoms with Gasteiger partial charge in [-0.3, -0.25) is 14.2 Å². The number of carbonyl (C=O) groups excluding carboxylic acids is 2. The zero-order valence-electron chi connectivity index (χ0n) is 39.7. The Morgan fingerprint density at radius 3 is 1.33 bits per heavy atom. The van der Waals surface area contributed by atoms with Gasteiger partial charge in [-0.15, -0.1) is 0 Å². The number of esters is 2.